The van der Waals surface area contributed by atoms with Crippen molar-refractivity contribution in [1.29, 1.82) is 0 Å². The van der Waals surface area contributed by atoms with Crippen LogP contribution in [-0.2, 0) is 14.3 Å². The minimum atomic E-state index is -0.906. The fraction of sp³-hybridized carbons (Fsp3) is 0.545. The van der Waals surface area contributed by atoms with Gasteiger partial charge in [-0.3, -0.25) is 9.59 Å². The normalized spacial score (nSPS) is 12.8. The van der Waals surface area contributed by atoms with Crippen molar-refractivity contribution in [1.82, 2.24) is 10.2 Å². The monoisotopic (exact) mass is 567 g/mol. The van der Waals surface area contributed by atoms with Crippen LogP contribution in [0.5, 0.6) is 5.75 Å². The smallest absolute Gasteiger partial charge is 0.408 e. The van der Waals surface area contributed by atoms with Gasteiger partial charge in [-0.2, -0.15) is 0 Å². The van der Waals surface area contributed by atoms with Gasteiger partial charge in [0.25, 0.3) is 5.91 Å². The van der Waals surface area contributed by atoms with E-state index in [1.54, 1.807) is 57.0 Å². The van der Waals surface area contributed by atoms with Gasteiger partial charge in [-0.15, -0.1) is 0 Å². The molecule has 0 saturated carbocycles. The molecule has 3 amide bonds. The topological polar surface area (TPSA) is 97.0 Å². The van der Waals surface area contributed by atoms with E-state index in [2.05, 4.69) is 17.6 Å². The number of rotatable bonds is 13. The van der Waals surface area contributed by atoms with Gasteiger partial charge in [0.15, 0.2) is 0 Å². The SMILES string of the molecule is CCCCCN(C(=O)C(CC(C)C)NC(=O)OC(C)(C)C)C(C(=O)Nc1ccc(OC)cc1)c1cccc(C)c1C. The zero-order valence-corrected chi connectivity index (χ0v) is 26.3. The Morgan fingerprint density at radius 2 is 1.63 bits per heavy atom. The van der Waals surface area contributed by atoms with E-state index in [0.29, 0.717) is 24.4 Å². The van der Waals surface area contributed by atoms with Crippen LogP contribution in [0.3, 0.4) is 0 Å². The Morgan fingerprint density at radius 1 is 0.976 bits per heavy atom. The molecule has 226 valence electrons. The molecule has 0 saturated heterocycles. The van der Waals surface area contributed by atoms with Gasteiger partial charge in [0, 0.05) is 12.2 Å². The summed E-state index contributed by atoms with van der Waals surface area (Å²) in [5, 5.41) is 5.83. The summed E-state index contributed by atoms with van der Waals surface area (Å²) in [6, 6.07) is 11.1. The Hall–Kier alpha value is -3.55. The summed E-state index contributed by atoms with van der Waals surface area (Å²) in [5.74, 6) is 0.157. The number of aryl methyl sites for hydroxylation is 1. The lowest BCUT2D eigenvalue weighted by Crippen LogP contribution is -2.53. The van der Waals surface area contributed by atoms with Gasteiger partial charge < -0.3 is 25.0 Å². The number of carbonyl (C=O) groups is 3. The van der Waals surface area contributed by atoms with Crippen molar-refractivity contribution >= 4 is 23.6 Å². The molecule has 0 spiro atoms. The van der Waals surface area contributed by atoms with E-state index in [0.717, 1.165) is 36.0 Å². The maximum absolute atomic E-state index is 14.4. The number of carbonyl (C=O) groups excluding carboxylic acids is 3. The van der Waals surface area contributed by atoms with E-state index in [-0.39, 0.29) is 17.7 Å². The van der Waals surface area contributed by atoms with Gasteiger partial charge in [0.2, 0.25) is 5.91 Å². The molecule has 0 aromatic heterocycles. The third kappa shape index (κ3) is 10.4. The fourth-order valence-electron chi connectivity index (χ4n) is 4.65. The van der Waals surface area contributed by atoms with Crippen LogP contribution in [0, 0.1) is 19.8 Å². The van der Waals surface area contributed by atoms with E-state index in [1.165, 1.54) is 0 Å². The molecule has 0 heterocycles. The Balaban J connectivity index is 2.58. The maximum Gasteiger partial charge on any atom is 0.408 e. The molecule has 2 aromatic carbocycles. The molecule has 2 rings (SSSR count). The lowest BCUT2D eigenvalue weighted by atomic mass is 9.94. The highest BCUT2D eigenvalue weighted by Crippen LogP contribution is 2.30. The molecule has 8 nitrogen and oxygen atoms in total. The largest absolute Gasteiger partial charge is 0.497 e. The Bertz CT molecular complexity index is 1150. The number of amides is 3. The number of methoxy groups -OCH3 is 1. The second-order valence-corrected chi connectivity index (χ2v) is 12.0. The average Bonchev–Trinajstić information content (AvgIpc) is 2.88. The highest BCUT2D eigenvalue weighted by Gasteiger charge is 2.37. The molecular weight excluding hydrogens is 518 g/mol. The number of anilines is 1. The van der Waals surface area contributed by atoms with E-state index >= 15 is 0 Å². The quantitative estimate of drug-likeness (QED) is 0.255. The zero-order valence-electron chi connectivity index (χ0n) is 26.3. The summed E-state index contributed by atoms with van der Waals surface area (Å²) in [6.07, 6.45) is 2.33. The van der Waals surface area contributed by atoms with Crippen LogP contribution in [0.2, 0.25) is 0 Å². The third-order valence-corrected chi connectivity index (χ3v) is 6.84. The molecule has 0 aliphatic heterocycles. The highest BCUT2D eigenvalue weighted by atomic mass is 16.6. The highest BCUT2D eigenvalue weighted by molar-refractivity contribution is 5.99. The lowest BCUT2D eigenvalue weighted by Gasteiger charge is -2.35. The summed E-state index contributed by atoms with van der Waals surface area (Å²) in [7, 11) is 1.59. The molecule has 0 aliphatic rings. The first-order chi connectivity index (χ1) is 19.3. The molecule has 2 aromatic rings. The number of hydrogen-bond acceptors (Lipinski definition) is 5. The van der Waals surface area contributed by atoms with Gasteiger partial charge >= 0.3 is 6.09 Å². The first kappa shape index (κ1) is 33.7. The van der Waals surface area contributed by atoms with Crippen LogP contribution >= 0.6 is 0 Å². The number of unbranched alkanes of at least 4 members (excludes halogenated alkanes) is 2. The number of alkyl carbamates (subject to hydrolysis) is 1. The van der Waals surface area contributed by atoms with Crippen molar-refractivity contribution in [3.63, 3.8) is 0 Å². The predicted molar refractivity (Wildman–Crippen MR) is 164 cm³/mol. The maximum atomic E-state index is 14.4. The molecule has 2 atom stereocenters. The lowest BCUT2D eigenvalue weighted by molar-refractivity contribution is -0.141. The summed E-state index contributed by atoms with van der Waals surface area (Å²) in [6.45, 7) is 15.8. The molecule has 41 heavy (non-hydrogen) atoms. The van der Waals surface area contributed by atoms with Gasteiger partial charge in [-0.05, 0) is 94.3 Å². The number of nitrogens with zero attached hydrogens (tertiary/aromatic N) is 1. The van der Waals surface area contributed by atoms with Crippen LogP contribution in [-0.4, -0.2) is 48.1 Å². The summed E-state index contributed by atoms with van der Waals surface area (Å²) in [5.41, 5.74) is 2.60. The van der Waals surface area contributed by atoms with E-state index in [9.17, 15) is 14.4 Å². The first-order valence-electron chi connectivity index (χ1n) is 14.6. The van der Waals surface area contributed by atoms with E-state index in [4.69, 9.17) is 9.47 Å². The van der Waals surface area contributed by atoms with Crippen LogP contribution in [0.25, 0.3) is 0 Å². The Morgan fingerprint density at radius 3 is 2.20 bits per heavy atom. The van der Waals surface area contributed by atoms with Crippen LogP contribution in [0.1, 0.15) is 90.0 Å². The van der Waals surface area contributed by atoms with Gasteiger partial charge in [0.1, 0.15) is 23.4 Å². The fourth-order valence-corrected chi connectivity index (χ4v) is 4.65. The molecule has 2 N–H and O–H groups in total. The van der Waals surface area contributed by atoms with Crippen molar-refractivity contribution in [2.45, 2.75) is 98.8 Å². The van der Waals surface area contributed by atoms with E-state index < -0.39 is 23.8 Å². The van der Waals surface area contributed by atoms with Crippen LogP contribution in [0.15, 0.2) is 42.5 Å². The zero-order chi connectivity index (χ0) is 30.7. The number of hydrogen-bond donors (Lipinski definition) is 2. The average molecular weight is 568 g/mol. The number of benzene rings is 2. The molecule has 0 fully saturated rings. The summed E-state index contributed by atoms with van der Waals surface area (Å²) >= 11 is 0. The van der Waals surface area contributed by atoms with Crippen LogP contribution in [0.4, 0.5) is 10.5 Å². The third-order valence-electron chi connectivity index (χ3n) is 6.84. The van der Waals surface area contributed by atoms with Gasteiger partial charge in [0.05, 0.1) is 7.11 Å². The Kier molecular flexibility index (Phi) is 12.7. The van der Waals surface area contributed by atoms with Crippen molar-refractivity contribution in [2.24, 2.45) is 5.92 Å². The summed E-state index contributed by atoms with van der Waals surface area (Å²) < 4.78 is 10.7. The van der Waals surface area contributed by atoms with Crippen LogP contribution < -0.4 is 15.4 Å². The standard InChI is InChI=1S/C33H49N3O5/c1-10-11-12-20-36(31(38)28(21-22(2)3)35-32(39)41-33(6,7)8)29(27-15-13-14-23(4)24(27)5)30(37)34-25-16-18-26(40-9)19-17-25/h13-19,22,28-29H,10-12,20-21H2,1-9H3,(H,34,37)(H,35,39). The minimum absolute atomic E-state index is 0.115. The minimum Gasteiger partial charge on any atom is -0.497 e. The second-order valence-electron chi connectivity index (χ2n) is 12.0. The van der Waals surface area contributed by atoms with Crippen molar-refractivity contribution in [3.05, 3.63) is 59.2 Å². The van der Waals surface area contributed by atoms with Crippen molar-refractivity contribution < 1.29 is 23.9 Å². The molecule has 8 heteroatoms. The summed E-state index contributed by atoms with van der Waals surface area (Å²) in [4.78, 5) is 43.0. The molecule has 0 bridgehead atoms. The van der Waals surface area contributed by atoms with Crippen molar-refractivity contribution in [2.75, 3.05) is 19.0 Å². The van der Waals surface area contributed by atoms with E-state index in [1.807, 2.05) is 45.9 Å². The van der Waals surface area contributed by atoms with Crippen molar-refractivity contribution in [3.8, 4) is 5.75 Å². The second kappa shape index (κ2) is 15.5. The number of nitrogens with one attached hydrogen (secondary N) is 2. The first-order valence-corrected chi connectivity index (χ1v) is 14.6. The molecule has 0 aliphatic carbocycles. The predicted octanol–water partition coefficient (Wildman–Crippen LogP) is 6.95. The number of ether oxygens (including phenoxy) is 2. The van der Waals surface area contributed by atoms with Gasteiger partial charge in [-0.1, -0.05) is 51.8 Å². The molecular formula is C33H49N3O5. The molecule has 0 radical (unpaired) electrons. The Labute approximate surface area is 246 Å². The molecule has 2 unspecified atom stereocenters. The van der Waals surface area contributed by atoms with Gasteiger partial charge in [-0.25, -0.2) is 4.79 Å².